The molecule has 0 saturated heterocycles. The third-order valence-electron chi connectivity index (χ3n) is 3.38. The van der Waals surface area contributed by atoms with Crippen molar-refractivity contribution in [1.29, 1.82) is 0 Å². The largest absolute Gasteiger partial charge is 0.481 e. The highest BCUT2D eigenvalue weighted by Crippen LogP contribution is 2.18. The number of carbonyl (C=O) groups is 1. The van der Waals surface area contributed by atoms with E-state index in [9.17, 15) is 4.79 Å². The number of H-pyrrole nitrogens is 1. The van der Waals surface area contributed by atoms with E-state index in [0.717, 1.165) is 22.2 Å². The van der Waals surface area contributed by atoms with Crippen molar-refractivity contribution >= 4 is 22.5 Å². The quantitative estimate of drug-likeness (QED) is 0.776. The van der Waals surface area contributed by atoms with Gasteiger partial charge in [-0.3, -0.25) is 9.89 Å². The van der Waals surface area contributed by atoms with Gasteiger partial charge in [0.2, 0.25) is 0 Å². The smallest absolute Gasteiger partial charge is 0.265 e. The van der Waals surface area contributed by atoms with Gasteiger partial charge in [-0.25, -0.2) is 0 Å². The molecule has 0 radical (unpaired) electrons. The van der Waals surface area contributed by atoms with Crippen molar-refractivity contribution in [3.63, 3.8) is 0 Å². The van der Waals surface area contributed by atoms with E-state index in [1.165, 1.54) is 0 Å². The number of aromatic nitrogens is 2. The molecule has 2 aromatic carbocycles. The molecule has 3 aromatic rings. The van der Waals surface area contributed by atoms with E-state index in [-0.39, 0.29) is 5.91 Å². The van der Waals surface area contributed by atoms with Gasteiger partial charge in [0.25, 0.3) is 5.91 Å². The number of rotatable bonds is 4. The molecule has 0 aliphatic rings. The van der Waals surface area contributed by atoms with Crippen LogP contribution in [0.1, 0.15) is 12.5 Å². The first-order chi connectivity index (χ1) is 10.6. The van der Waals surface area contributed by atoms with Crippen molar-refractivity contribution in [3.8, 4) is 5.75 Å². The van der Waals surface area contributed by atoms with E-state index < -0.39 is 6.10 Å². The first-order valence-electron chi connectivity index (χ1n) is 7.09. The summed E-state index contributed by atoms with van der Waals surface area (Å²) in [6.07, 6.45) is 1.14. The predicted octanol–water partition coefficient (Wildman–Crippen LogP) is 3.28. The molecule has 0 aliphatic carbocycles. The minimum atomic E-state index is -0.582. The van der Waals surface area contributed by atoms with Gasteiger partial charge in [-0.05, 0) is 49.7 Å². The molecular weight excluding hydrogens is 278 g/mol. The number of anilines is 1. The lowest BCUT2D eigenvalue weighted by Crippen LogP contribution is -2.30. The number of nitrogens with zero attached hydrogens (tertiary/aromatic N) is 1. The number of benzene rings is 2. The minimum Gasteiger partial charge on any atom is -0.481 e. The Kier molecular flexibility index (Phi) is 3.78. The number of nitrogens with one attached hydrogen (secondary N) is 2. The summed E-state index contributed by atoms with van der Waals surface area (Å²) in [6.45, 7) is 3.71. The van der Waals surface area contributed by atoms with Crippen LogP contribution in [0.4, 0.5) is 5.69 Å². The summed E-state index contributed by atoms with van der Waals surface area (Å²) >= 11 is 0. The van der Waals surface area contributed by atoms with Crippen LogP contribution in [0, 0.1) is 6.92 Å². The van der Waals surface area contributed by atoms with Gasteiger partial charge in [-0.15, -0.1) is 0 Å². The number of carbonyl (C=O) groups excluding carboxylic acids is 1. The number of hydrogen-bond donors (Lipinski definition) is 2. The van der Waals surface area contributed by atoms with E-state index in [2.05, 4.69) is 15.5 Å². The van der Waals surface area contributed by atoms with Crippen molar-refractivity contribution in [2.24, 2.45) is 0 Å². The van der Waals surface area contributed by atoms with Crippen LogP contribution < -0.4 is 10.1 Å². The maximum atomic E-state index is 12.2. The summed E-state index contributed by atoms with van der Waals surface area (Å²) in [6, 6.07) is 13.2. The molecule has 22 heavy (non-hydrogen) atoms. The zero-order chi connectivity index (χ0) is 15.5. The molecule has 112 valence electrons. The lowest BCUT2D eigenvalue weighted by Gasteiger charge is -2.15. The van der Waals surface area contributed by atoms with Crippen molar-refractivity contribution in [2.45, 2.75) is 20.0 Å². The van der Waals surface area contributed by atoms with Crippen molar-refractivity contribution in [2.75, 3.05) is 5.32 Å². The highest BCUT2D eigenvalue weighted by atomic mass is 16.5. The standard InChI is InChI=1S/C17H17N3O2/c1-11-4-3-5-15(8-11)22-12(2)17(21)19-14-6-7-16-13(9-14)10-18-20-16/h3-10,12H,1-2H3,(H,18,20)(H,19,21). The zero-order valence-electron chi connectivity index (χ0n) is 12.5. The highest BCUT2D eigenvalue weighted by molar-refractivity contribution is 5.96. The molecule has 3 rings (SSSR count). The zero-order valence-corrected chi connectivity index (χ0v) is 12.5. The molecule has 0 saturated carbocycles. The van der Waals surface area contributed by atoms with E-state index in [0.29, 0.717) is 5.75 Å². The molecule has 1 unspecified atom stereocenters. The summed E-state index contributed by atoms with van der Waals surface area (Å²) in [4.78, 5) is 12.2. The van der Waals surface area contributed by atoms with Crippen LogP contribution in [-0.2, 0) is 4.79 Å². The van der Waals surface area contributed by atoms with Gasteiger partial charge in [0, 0.05) is 11.1 Å². The summed E-state index contributed by atoms with van der Waals surface area (Å²) in [7, 11) is 0. The summed E-state index contributed by atoms with van der Waals surface area (Å²) in [5, 5.41) is 10.6. The third-order valence-corrected chi connectivity index (χ3v) is 3.38. The van der Waals surface area contributed by atoms with Gasteiger partial charge >= 0.3 is 0 Å². The fraction of sp³-hybridized carbons (Fsp3) is 0.176. The normalized spacial score (nSPS) is 12.1. The Labute approximate surface area is 128 Å². The Morgan fingerprint density at radius 2 is 2.14 bits per heavy atom. The average Bonchev–Trinajstić information content (AvgIpc) is 2.94. The average molecular weight is 295 g/mol. The monoisotopic (exact) mass is 295 g/mol. The minimum absolute atomic E-state index is 0.190. The molecule has 1 heterocycles. The Bertz CT molecular complexity index is 810. The molecule has 0 fully saturated rings. The molecule has 5 nitrogen and oxygen atoms in total. The van der Waals surface area contributed by atoms with Crippen molar-refractivity contribution in [1.82, 2.24) is 10.2 Å². The lowest BCUT2D eigenvalue weighted by molar-refractivity contribution is -0.122. The molecule has 1 atom stereocenters. The van der Waals surface area contributed by atoms with Crippen LogP contribution in [0.15, 0.2) is 48.7 Å². The summed E-state index contributed by atoms with van der Waals surface area (Å²) < 4.78 is 5.67. The second-order valence-electron chi connectivity index (χ2n) is 5.24. The Morgan fingerprint density at radius 3 is 2.95 bits per heavy atom. The van der Waals surface area contributed by atoms with Crippen LogP contribution in [0.5, 0.6) is 5.75 Å². The molecule has 1 aromatic heterocycles. The first kappa shape index (κ1) is 14.1. The molecule has 0 spiro atoms. The summed E-state index contributed by atoms with van der Waals surface area (Å²) in [5.41, 5.74) is 2.75. The van der Waals surface area contributed by atoms with Gasteiger partial charge in [0.05, 0.1) is 11.7 Å². The van der Waals surface area contributed by atoms with E-state index >= 15 is 0 Å². The highest BCUT2D eigenvalue weighted by Gasteiger charge is 2.15. The number of amides is 1. The Balaban J connectivity index is 1.67. The fourth-order valence-electron chi connectivity index (χ4n) is 2.21. The Hall–Kier alpha value is -2.82. The fourth-order valence-corrected chi connectivity index (χ4v) is 2.21. The number of ether oxygens (including phenoxy) is 1. The van der Waals surface area contributed by atoms with Gasteiger partial charge in [0.15, 0.2) is 6.10 Å². The maximum absolute atomic E-state index is 12.2. The molecule has 0 aliphatic heterocycles. The van der Waals surface area contributed by atoms with Gasteiger partial charge in [-0.1, -0.05) is 12.1 Å². The molecule has 2 N–H and O–H groups in total. The molecular formula is C17H17N3O2. The van der Waals surface area contributed by atoms with Crippen molar-refractivity contribution < 1.29 is 9.53 Å². The number of aryl methyl sites for hydroxylation is 1. The van der Waals surface area contributed by atoms with Crippen molar-refractivity contribution in [3.05, 3.63) is 54.2 Å². The number of hydrogen-bond acceptors (Lipinski definition) is 3. The first-order valence-corrected chi connectivity index (χ1v) is 7.09. The van der Waals surface area contributed by atoms with Crippen LogP contribution >= 0.6 is 0 Å². The van der Waals surface area contributed by atoms with E-state index in [1.807, 2.05) is 49.4 Å². The van der Waals surface area contributed by atoms with Crippen LogP contribution in [0.2, 0.25) is 0 Å². The predicted molar refractivity (Wildman–Crippen MR) is 86.0 cm³/mol. The van der Waals surface area contributed by atoms with E-state index in [1.54, 1.807) is 13.1 Å². The van der Waals surface area contributed by atoms with Gasteiger partial charge < -0.3 is 10.1 Å². The van der Waals surface area contributed by atoms with Gasteiger partial charge in [0.1, 0.15) is 5.75 Å². The van der Waals surface area contributed by atoms with Crippen LogP contribution in [0.3, 0.4) is 0 Å². The lowest BCUT2D eigenvalue weighted by atomic mass is 10.2. The molecule has 5 heteroatoms. The summed E-state index contributed by atoms with van der Waals surface area (Å²) in [5.74, 6) is 0.497. The Morgan fingerprint density at radius 1 is 1.27 bits per heavy atom. The second-order valence-corrected chi connectivity index (χ2v) is 5.24. The van der Waals surface area contributed by atoms with Crippen LogP contribution in [0.25, 0.3) is 10.9 Å². The van der Waals surface area contributed by atoms with Gasteiger partial charge in [-0.2, -0.15) is 5.10 Å². The number of aromatic amines is 1. The SMILES string of the molecule is Cc1cccc(OC(C)C(=O)Nc2ccc3[nH]ncc3c2)c1. The van der Waals surface area contributed by atoms with Crippen LogP contribution in [-0.4, -0.2) is 22.2 Å². The maximum Gasteiger partial charge on any atom is 0.265 e. The molecule has 1 amide bonds. The van der Waals surface area contributed by atoms with E-state index in [4.69, 9.17) is 4.74 Å². The second kappa shape index (κ2) is 5.89. The number of fused-ring (bicyclic) bond motifs is 1. The topological polar surface area (TPSA) is 67.0 Å². The third kappa shape index (κ3) is 3.09. The molecule has 0 bridgehead atoms.